The van der Waals surface area contributed by atoms with Crippen molar-refractivity contribution in [2.45, 2.75) is 40.0 Å². The summed E-state index contributed by atoms with van der Waals surface area (Å²) in [5.41, 5.74) is 7.18. The van der Waals surface area contributed by atoms with Crippen LogP contribution in [0.1, 0.15) is 37.5 Å². The molecule has 0 saturated heterocycles. The summed E-state index contributed by atoms with van der Waals surface area (Å²) in [7, 11) is 0. The third-order valence-corrected chi connectivity index (χ3v) is 4.98. The van der Waals surface area contributed by atoms with E-state index in [9.17, 15) is 0 Å². The zero-order chi connectivity index (χ0) is 18.8. The van der Waals surface area contributed by atoms with Crippen molar-refractivity contribution in [3.8, 4) is 17.1 Å². The van der Waals surface area contributed by atoms with Crippen LogP contribution in [0.5, 0.6) is 0 Å². The topological polar surface area (TPSA) is 53.5 Å². The smallest absolute Gasteiger partial charge is 0.0752 e. The first-order valence-corrected chi connectivity index (χ1v) is 9.50. The molecule has 27 heavy (non-hydrogen) atoms. The van der Waals surface area contributed by atoms with Crippen molar-refractivity contribution in [1.29, 1.82) is 0 Å². The fraction of sp³-hybridized carbons (Fsp3) is 0.286. The molecule has 0 aliphatic rings. The van der Waals surface area contributed by atoms with Crippen LogP contribution in [-0.2, 0) is 19.3 Å². The van der Waals surface area contributed by atoms with E-state index in [1.807, 2.05) is 69.4 Å². The maximum Gasteiger partial charge on any atom is 0.0752 e. The average molecular weight is 360 g/mol. The van der Waals surface area contributed by atoms with E-state index < -0.39 is 0 Å². The maximum absolute atomic E-state index is 4.56. The second-order valence-corrected chi connectivity index (χ2v) is 6.39. The molecular formula is C21H24N6. The number of nitrogens with zero attached hydrogens (tertiary/aromatic N) is 6. The molecule has 0 unspecified atom stereocenters. The summed E-state index contributed by atoms with van der Waals surface area (Å²) < 4.78 is 5.95. The predicted octanol–water partition coefficient (Wildman–Crippen LogP) is 3.93. The Morgan fingerprint density at radius 1 is 0.556 bits per heavy atom. The molecule has 6 heteroatoms. The molecule has 0 radical (unpaired) electrons. The normalized spacial score (nSPS) is 11.2. The zero-order valence-corrected chi connectivity index (χ0v) is 16.0. The van der Waals surface area contributed by atoms with Crippen LogP contribution in [0.4, 0.5) is 0 Å². The fourth-order valence-electron chi connectivity index (χ4n) is 3.92. The largest absolute Gasteiger partial charge is 0.240 e. The second-order valence-electron chi connectivity index (χ2n) is 6.39. The Hall–Kier alpha value is -3.15. The maximum atomic E-state index is 4.56. The Kier molecular flexibility index (Phi) is 4.62. The van der Waals surface area contributed by atoms with E-state index in [-0.39, 0.29) is 0 Å². The van der Waals surface area contributed by atoms with E-state index in [0.717, 1.165) is 36.3 Å². The van der Waals surface area contributed by atoms with Gasteiger partial charge in [0.15, 0.2) is 0 Å². The molecule has 0 spiro atoms. The first-order chi connectivity index (χ1) is 13.3. The highest BCUT2D eigenvalue weighted by Gasteiger charge is 2.25. The third-order valence-electron chi connectivity index (χ3n) is 4.98. The van der Waals surface area contributed by atoms with Crippen LogP contribution in [0, 0.1) is 0 Å². The summed E-state index contributed by atoms with van der Waals surface area (Å²) in [6, 6.07) is 5.90. The van der Waals surface area contributed by atoms with Gasteiger partial charge in [0.2, 0.25) is 0 Å². The van der Waals surface area contributed by atoms with Crippen molar-refractivity contribution in [3.05, 3.63) is 72.1 Å². The van der Waals surface area contributed by atoms with Gasteiger partial charge >= 0.3 is 0 Å². The lowest BCUT2D eigenvalue weighted by molar-refractivity contribution is 0.777. The van der Waals surface area contributed by atoms with Gasteiger partial charge in [-0.15, -0.1) is 0 Å². The molecule has 3 heterocycles. The lowest BCUT2D eigenvalue weighted by Crippen LogP contribution is -2.17. The molecule has 6 nitrogen and oxygen atoms in total. The lowest BCUT2D eigenvalue weighted by Gasteiger charge is -2.25. The second kappa shape index (κ2) is 7.23. The number of aromatic nitrogens is 6. The van der Waals surface area contributed by atoms with Gasteiger partial charge in [-0.25, -0.2) is 14.0 Å². The Labute approximate surface area is 159 Å². The van der Waals surface area contributed by atoms with Gasteiger partial charge in [-0.2, -0.15) is 15.3 Å². The van der Waals surface area contributed by atoms with Gasteiger partial charge in [-0.1, -0.05) is 20.8 Å². The quantitative estimate of drug-likeness (QED) is 0.523. The molecule has 138 valence electrons. The number of hydrogen-bond acceptors (Lipinski definition) is 3. The highest BCUT2D eigenvalue weighted by Crippen LogP contribution is 2.36. The van der Waals surface area contributed by atoms with Crippen LogP contribution < -0.4 is 0 Å². The molecule has 0 N–H and O–H groups in total. The Morgan fingerprint density at radius 3 is 1.04 bits per heavy atom. The first-order valence-electron chi connectivity index (χ1n) is 9.50. The average Bonchev–Trinajstić information content (AvgIpc) is 3.48. The van der Waals surface area contributed by atoms with Crippen molar-refractivity contribution in [3.63, 3.8) is 0 Å². The predicted molar refractivity (Wildman–Crippen MR) is 106 cm³/mol. The van der Waals surface area contributed by atoms with Crippen molar-refractivity contribution in [2.24, 2.45) is 0 Å². The highest BCUT2D eigenvalue weighted by atomic mass is 15.3. The van der Waals surface area contributed by atoms with Crippen molar-refractivity contribution < 1.29 is 0 Å². The molecule has 0 atom stereocenters. The third kappa shape index (κ3) is 2.77. The van der Waals surface area contributed by atoms with E-state index in [1.54, 1.807) is 0 Å². The van der Waals surface area contributed by atoms with Crippen molar-refractivity contribution >= 4 is 0 Å². The minimum atomic E-state index is 0.893. The van der Waals surface area contributed by atoms with Crippen molar-refractivity contribution in [2.75, 3.05) is 0 Å². The van der Waals surface area contributed by atoms with Gasteiger partial charge in [-0.05, 0) is 37.5 Å². The van der Waals surface area contributed by atoms with E-state index in [4.69, 9.17) is 0 Å². The number of rotatable bonds is 6. The fourth-order valence-corrected chi connectivity index (χ4v) is 3.92. The minimum absolute atomic E-state index is 0.893. The van der Waals surface area contributed by atoms with Crippen LogP contribution in [0.2, 0.25) is 0 Å². The van der Waals surface area contributed by atoms with E-state index in [1.165, 1.54) is 16.7 Å². The van der Waals surface area contributed by atoms with Gasteiger partial charge in [0.25, 0.3) is 0 Å². The van der Waals surface area contributed by atoms with Gasteiger partial charge in [-0.3, -0.25) is 0 Å². The molecule has 1 aromatic carbocycles. The summed E-state index contributed by atoms with van der Waals surface area (Å²) >= 11 is 0. The molecular weight excluding hydrogens is 336 g/mol. The number of hydrogen-bond donors (Lipinski definition) is 0. The molecule has 4 aromatic rings. The molecule has 3 aromatic heterocycles. The van der Waals surface area contributed by atoms with Crippen LogP contribution in [0.25, 0.3) is 17.1 Å². The molecule has 0 amide bonds. The van der Waals surface area contributed by atoms with Gasteiger partial charge in [0.1, 0.15) is 0 Å². The van der Waals surface area contributed by atoms with Crippen LogP contribution in [0.3, 0.4) is 0 Å². The lowest BCUT2D eigenvalue weighted by atomic mass is 9.92. The first kappa shape index (κ1) is 17.3. The molecule has 4 rings (SSSR count). The van der Waals surface area contributed by atoms with Gasteiger partial charge in [0.05, 0.1) is 17.1 Å². The summed E-state index contributed by atoms with van der Waals surface area (Å²) in [4.78, 5) is 0. The summed E-state index contributed by atoms with van der Waals surface area (Å²) in [6.07, 6.45) is 14.2. The van der Waals surface area contributed by atoms with Crippen molar-refractivity contribution in [1.82, 2.24) is 29.3 Å². The van der Waals surface area contributed by atoms with E-state index >= 15 is 0 Å². The Morgan fingerprint density at radius 2 is 0.852 bits per heavy atom. The number of benzene rings is 1. The van der Waals surface area contributed by atoms with Crippen LogP contribution in [0.15, 0.2) is 55.4 Å². The molecule has 0 fully saturated rings. The minimum Gasteiger partial charge on any atom is -0.240 e. The van der Waals surface area contributed by atoms with Crippen LogP contribution >= 0.6 is 0 Å². The van der Waals surface area contributed by atoms with E-state index in [2.05, 4.69) is 36.1 Å². The Bertz CT molecular complexity index is 857. The van der Waals surface area contributed by atoms with Crippen LogP contribution in [-0.4, -0.2) is 29.3 Å². The molecule has 0 aliphatic heterocycles. The molecule has 0 aliphatic carbocycles. The van der Waals surface area contributed by atoms with E-state index in [0.29, 0.717) is 0 Å². The standard InChI is InChI=1S/C21H24N6/c1-4-16-19(25-13-7-10-22-25)17(5-2)21(27-15-9-12-24-27)18(6-3)20(16)26-14-8-11-23-26/h7-15H,4-6H2,1-3H3. The molecule has 0 saturated carbocycles. The van der Waals surface area contributed by atoms with Gasteiger partial charge in [0, 0.05) is 53.9 Å². The Balaban J connectivity index is 2.19. The summed E-state index contributed by atoms with van der Waals surface area (Å²) in [5.74, 6) is 0. The highest BCUT2D eigenvalue weighted by molar-refractivity contribution is 5.70. The summed E-state index contributed by atoms with van der Waals surface area (Å²) in [6.45, 7) is 6.59. The summed E-state index contributed by atoms with van der Waals surface area (Å²) in [5, 5.41) is 13.7. The monoisotopic (exact) mass is 360 g/mol. The molecule has 0 bridgehead atoms. The SMILES string of the molecule is CCc1c(-n2cccn2)c(CC)c(-n2cccn2)c(CC)c1-n1cccn1. The van der Waals surface area contributed by atoms with Gasteiger partial charge < -0.3 is 0 Å². The zero-order valence-electron chi connectivity index (χ0n) is 16.0.